The van der Waals surface area contributed by atoms with Gasteiger partial charge in [0, 0.05) is 24.7 Å². The SMILES string of the molecule is CCC1(CO)CCN(Cc2nnsc2Cl)CC1. The molecule has 1 N–H and O–H groups in total. The van der Waals surface area contributed by atoms with Crippen LogP contribution in [0.3, 0.4) is 0 Å². The van der Waals surface area contributed by atoms with Gasteiger partial charge in [-0.05, 0) is 37.8 Å². The number of hydrogen-bond acceptors (Lipinski definition) is 5. The zero-order chi connectivity index (χ0) is 12.3. The Labute approximate surface area is 111 Å². The monoisotopic (exact) mass is 275 g/mol. The third kappa shape index (κ3) is 2.96. The summed E-state index contributed by atoms with van der Waals surface area (Å²) in [6.07, 6.45) is 3.15. The topological polar surface area (TPSA) is 49.2 Å². The van der Waals surface area contributed by atoms with Crippen molar-refractivity contribution in [1.82, 2.24) is 14.5 Å². The number of nitrogens with zero attached hydrogens (tertiary/aromatic N) is 3. The summed E-state index contributed by atoms with van der Waals surface area (Å²) in [4.78, 5) is 2.34. The maximum Gasteiger partial charge on any atom is 0.138 e. The van der Waals surface area contributed by atoms with Gasteiger partial charge in [-0.3, -0.25) is 4.90 Å². The zero-order valence-electron chi connectivity index (χ0n) is 10.0. The molecule has 0 spiro atoms. The summed E-state index contributed by atoms with van der Waals surface area (Å²) in [7, 11) is 0. The van der Waals surface area contributed by atoms with Crippen LogP contribution in [0.1, 0.15) is 31.9 Å². The first-order valence-electron chi connectivity index (χ1n) is 5.99. The van der Waals surface area contributed by atoms with Crippen LogP contribution in [0.4, 0.5) is 0 Å². The standard InChI is InChI=1S/C11H18ClN3OS/c1-2-11(8-16)3-5-15(6-4-11)7-9-10(12)17-14-13-9/h16H,2-8H2,1H3. The molecule has 1 aromatic rings. The van der Waals surface area contributed by atoms with Crippen molar-refractivity contribution >= 4 is 23.1 Å². The number of aliphatic hydroxyl groups excluding tert-OH is 1. The van der Waals surface area contributed by atoms with E-state index >= 15 is 0 Å². The molecule has 0 amide bonds. The van der Waals surface area contributed by atoms with E-state index in [0.29, 0.717) is 10.9 Å². The second kappa shape index (κ2) is 5.61. The molecule has 0 bridgehead atoms. The molecule has 1 fully saturated rings. The van der Waals surface area contributed by atoms with Gasteiger partial charge >= 0.3 is 0 Å². The average molecular weight is 276 g/mol. The predicted molar refractivity (Wildman–Crippen MR) is 69.2 cm³/mol. The molecule has 1 aromatic heterocycles. The van der Waals surface area contributed by atoms with Gasteiger partial charge in [0.05, 0.1) is 0 Å². The maximum atomic E-state index is 9.47. The van der Waals surface area contributed by atoms with Crippen molar-refractivity contribution in [3.8, 4) is 0 Å². The zero-order valence-corrected chi connectivity index (χ0v) is 11.6. The lowest BCUT2D eigenvalue weighted by molar-refractivity contribution is 0.0378. The molecule has 1 saturated heterocycles. The van der Waals surface area contributed by atoms with Crippen LogP contribution in [0.2, 0.25) is 4.34 Å². The highest BCUT2D eigenvalue weighted by Gasteiger charge is 2.32. The summed E-state index contributed by atoms with van der Waals surface area (Å²) in [5.41, 5.74) is 1.02. The fraction of sp³-hybridized carbons (Fsp3) is 0.818. The third-order valence-corrected chi connectivity index (χ3v) is 4.87. The average Bonchev–Trinajstić information content (AvgIpc) is 2.77. The van der Waals surface area contributed by atoms with E-state index in [2.05, 4.69) is 21.4 Å². The fourth-order valence-corrected chi connectivity index (χ4v) is 2.92. The van der Waals surface area contributed by atoms with Gasteiger partial charge in [-0.2, -0.15) is 0 Å². The maximum absolute atomic E-state index is 9.47. The van der Waals surface area contributed by atoms with Gasteiger partial charge in [0.15, 0.2) is 0 Å². The summed E-state index contributed by atoms with van der Waals surface area (Å²) in [5.74, 6) is 0. The Hall–Kier alpha value is -0.230. The first-order chi connectivity index (χ1) is 8.19. The molecule has 1 aliphatic rings. The molecule has 2 rings (SSSR count). The van der Waals surface area contributed by atoms with Gasteiger partial charge in [-0.25, -0.2) is 0 Å². The van der Waals surface area contributed by atoms with E-state index in [1.54, 1.807) is 0 Å². The molecule has 0 aromatic carbocycles. The molecular formula is C11H18ClN3OS. The summed E-state index contributed by atoms with van der Waals surface area (Å²) >= 11 is 7.24. The molecule has 1 aliphatic heterocycles. The Bertz CT molecular complexity index is 357. The van der Waals surface area contributed by atoms with Crippen molar-refractivity contribution in [1.29, 1.82) is 0 Å². The normalized spacial score (nSPS) is 20.6. The van der Waals surface area contributed by atoms with Gasteiger partial charge in [-0.15, -0.1) is 5.10 Å². The highest BCUT2D eigenvalue weighted by atomic mass is 35.5. The lowest BCUT2D eigenvalue weighted by atomic mass is 9.77. The Morgan fingerprint density at radius 3 is 2.65 bits per heavy atom. The second-order valence-electron chi connectivity index (χ2n) is 4.78. The number of hydrogen-bond donors (Lipinski definition) is 1. The number of aliphatic hydroxyl groups is 1. The van der Waals surface area contributed by atoms with Crippen molar-refractivity contribution in [2.75, 3.05) is 19.7 Å². The van der Waals surface area contributed by atoms with Crippen molar-refractivity contribution in [2.24, 2.45) is 5.41 Å². The van der Waals surface area contributed by atoms with Crippen molar-refractivity contribution in [3.05, 3.63) is 10.0 Å². The second-order valence-corrected chi connectivity index (χ2v) is 6.14. The van der Waals surface area contributed by atoms with Crippen LogP contribution in [0.5, 0.6) is 0 Å². The summed E-state index contributed by atoms with van der Waals surface area (Å²) in [6, 6.07) is 0. The molecule has 6 heteroatoms. The molecule has 0 aliphatic carbocycles. The number of aromatic nitrogens is 2. The minimum absolute atomic E-state index is 0.140. The molecule has 2 heterocycles. The van der Waals surface area contributed by atoms with E-state index in [1.165, 1.54) is 11.5 Å². The van der Waals surface area contributed by atoms with Crippen LogP contribution in [0.15, 0.2) is 0 Å². The number of halogens is 1. The Kier molecular flexibility index (Phi) is 4.36. The molecule has 0 radical (unpaired) electrons. The quantitative estimate of drug-likeness (QED) is 0.915. The van der Waals surface area contributed by atoms with E-state index in [4.69, 9.17) is 11.6 Å². The number of piperidine rings is 1. The fourth-order valence-electron chi connectivity index (χ4n) is 2.31. The summed E-state index contributed by atoms with van der Waals surface area (Å²) < 4.78 is 4.54. The lowest BCUT2D eigenvalue weighted by Gasteiger charge is -2.40. The Balaban J connectivity index is 1.89. The Morgan fingerprint density at radius 2 is 2.18 bits per heavy atom. The van der Waals surface area contributed by atoms with Gasteiger partial charge in [0.2, 0.25) is 0 Å². The van der Waals surface area contributed by atoms with Crippen LogP contribution in [-0.2, 0) is 6.54 Å². The van der Waals surface area contributed by atoms with Gasteiger partial charge < -0.3 is 5.11 Å². The van der Waals surface area contributed by atoms with Gasteiger partial charge in [0.1, 0.15) is 10.0 Å². The van der Waals surface area contributed by atoms with E-state index in [-0.39, 0.29) is 5.41 Å². The van der Waals surface area contributed by atoms with Gasteiger partial charge in [-0.1, -0.05) is 23.0 Å². The van der Waals surface area contributed by atoms with Gasteiger partial charge in [0.25, 0.3) is 0 Å². The van der Waals surface area contributed by atoms with Crippen LogP contribution < -0.4 is 0 Å². The highest BCUT2D eigenvalue weighted by molar-refractivity contribution is 7.10. The summed E-state index contributed by atoms with van der Waals surface area (Å²) in [6.45, 7) is 5.24. The summed E-state index contributed by atoms with van der Waals surface area (Å²) in [5, 5.41) is 13.5. The smallest absolute Gasteiger partial charge is 0.138 e. The van der Waals surface area contributed by atoms with Crippen LogP contribution >= 0.6 is 23.1 Å². The van der Waals surface area contributed by atoms with Crippen LogP contribution in [0.25, 0.3) is 0 Å². The van der Waals surface area contributed by atoms with E-state index in [9.17, 15) is 5.11 Å². The largest absolute Gasteiger partial charge is 0.396 e. The Morgan fingerprint density at radius 1 is 1.47 bits per heavy atom. The van der Waals surface area contributed by atoms with Crippen molar-refractivity contribution in [2.45, 2.75) is 32.7 Å². The molecule has 17 heavy (non-hydrogen) atoms. The molecule has 4 nitrogen and oxygen atoms in total. The van der Waals surface area contributed by atoms with Crippen molar-refractivity contribution < 1.29 is 5.11 Å². The molecule has 0 atom stereocenters. The van der Waals surface area contributed by atoms with E-state index in [0.717, 1.165) is 44.6 Å². The van der Waals surface area contributed by atoms with Crippen LogP contribution in [0, 0.1) is 5.41 Å². The number of likely N-dealkylation sites (tertiary alicyclic amines) is 1. The van der Waals surface area contributed by atoms with Crippen molar-refractivity contribution in [3.63, 3.8) is 0 Å². The molecule has 0 unspecified atom stereocenters. The highest BCUT2D eigenvalue weighted by Crippen LogP contribution is 2.34. The predicted octanol–water partition coefficient (Wildman–Crippen LogP) is 2.18. The van der Waals surface area contributed by atoms with Crippen LogP contribution in [-0.4, -0.2) is 39.3 Å². The molecular weight excluding hydrogens is 258 g/mol. The molecule has 96 valence electrons. The molecule has 0 saturated carbocycles. The lowest BCUT2D eigenvalue weighted by Crippen LogP contribution is -2.41. The minimum atomic E-state index is 0.140. The first-order valence-corrected chi connectivity index (χ1v) is 7.14. The van der Waals surface area contributed by atoms with E-state index < -0.39 is 0 Å². The number of rotatable bonds is 4. The van der Waals surface area contributed by atoms with E-state index in [1.807, 2.05) is 0 Å². The third-order valence-electron chi connectivity index (χ3n) is 3.88. The first kappa shape index (κ1) is 13.2. The minimum Gasteiger partial charge on any atom is -0.396 e.